The van der Waals surface area contributed by atoms with Crippen LogP contribution in [0.25, 0.3) is 0 Å². The number of carbonyl (C=O) groups is 2. The largest absolute Gasteiger partial charge is 0.497 e. The predicted molar refractivity (Wildman–Crippen MR) is 135 cm³/mol. The predicted octanol–water partition coefficient (Wildman–Crippen LogP) is 3.37. The average Bonchev–Trinajstić information content (AvgIpc) is 2.81. The quantitative estimate of drug-likeness (QED) is 0.501. The van der Waals surface area contributed by atoms with E-state index >= 15 is 0 Å². The van der Waals surface area contributed by atoms with E-state index in [1.54, 1.807) is 51.3 Å². The maximum Gasteiger partial charge on any atom is 0.242 e. The molecule has 0 spiro atoms. The van der Waals surface area contributed by atoms with Crippen molar-refractivity contribution in [1.29, 1.82) is 0 Å². The monoisotopic (exact) mass is 509 g/mol. The molecular weight excluding hydrogens is 478 g/mol. The van der Waals surface area contributed by atoms with Crippen molar-refractivity contribution in [2.24, 2.45) is 0 Å². The Kier molecular flexibility index (Phi) is 9.76. The highest BCUT2D eigenvalue weighted by atomic mass is 35.5. The summed E-state index contributed by atoms with van der Waals surface area (Å²) in [7, 11) is -0.498. The molecule has 2 rings (SSSR count). The molecule has 2 aromatic rings. The molecule has 186 valence electrons. The van der Waals surface area contributed by atoms with Crippen molar-refractivity contribution in [3.63, 3.8) is 0 Å². The van der Waals surface area contributed by atoms with Crippen molar-refractivity contribution < 1.29 is 22.7 Å². The van der Waals surface area contributed by atoms with Crippen molar-refractivity contribution in [3.05, 3.63) is 58.6 Å². The van der Waals surface area contributed by atoms with E-state index in [1.165, 1.54) is 16.3 Å². The van der Waals surface area contributed by atoms with Crippen LogP contribution in [0.3, 0.4) is 0 Å². The van der Waals surface area contributed by atoms with Gasteiger partial charge in [0.25, 0.3) is 0 Å². The third-order valence-corrected chi connectivity index (χ3v) is 7.18. The van der Waals surface area contributed by atoms with Crippen LogP contribution in [0.2, 0.25) is 5.02 Å². The lowest BCUT2D eigenvalue weighted by molar-refractivity contribution is -0.140. The number of carbonyl (C=O) groups excluding carboxylic acids is 2. The van der Waals surface area contributed by atoms with Crippen LogP contribution < -0.4 is 14.4 Å². The Balaban J connectivity index is 2.17. The van der Waals surface area contributed by atoms with E-state index < -0.39 is 16.1 Å². The highest BCUT2D eigenvalue weighted by Gasteiger charge is 2.26. The van der Waals surface area contributed by atoms with Gasteiger partial charge in [0.15, 0.2) is 0 Å². The first-order chi connectivity index (χ1) is 16.0. The zero-order chi connectivity index (χ0) is 25.5. The second-order valence-electron chi connectivity index (χ2n) is 7.98. The minimum Gasteiger partial charge on any atom is -0.497 e. The standard InChI is InChI=1S/C24H32ClN3O5S/c1-17-21(25)8-6-9-22(17)28(34(5,31)32)15-7-10-23(29)27(18(2)24(30)26-3)16-19-11-13-20(33-4)14-12-19/h6,8-9,11-14,18H,7,10,15-16H2,1-5H3,(H,26,30)/t18-/m1/s1. The Morgan fingerprint density at radius 2 is 1.79 bits per heavy atom. The molecule has 0 aliphatic heterocycles. The SMILES string of the molecule is CNC(=O)[C@@H](C)N(Cc1ccc(OC)cc1)C(=O)CCCN(c1cccc(Cl)c1C)S(C)(=O)=O. The van der Waals surface area contributed by atoms with Gasteiger partial charge in [0, 0.05) is 31.6 Å². The van der Waals surface area contributed by atoms with Gasteiger partial charge in [-0.25, -0.2) is 8.42 Å². The Hall–Kier alpha value is -2.78. The van der Waals surface area contributed by atoms with Gasteiger partial charge in [-0.15, -0.1) is 0 Å². The Morgan fingerprint density at radius 1 is 1.15 bits per heavy atom. The number of likely N-dealkylation sites (N-methyl/N-ethyl adjacent to an activating group) is 1. The Bertz CT molecular complexity index is 1110. The van der Waals surface area contributed by atoms with E-state index in [0.29, 0.717) is 22.0 Å². The number of hydrogen-bond donors (Lipinski definition) is 1. The van der Waals surface area contributed by atoms with Gasteiger partial charge < -0.3 is 15.0 Å². The molecule has 0 saturated carbocycles. The van der Waals surface area contributed by atoms with Gasteiger partial charge in [-0.05, 0) is 55.7 Å². The van der Waals surface area contributed by atoms with Crippen LogP contribution in [0.5, 0.6) is 5.75 Å². The molecule has 2 aromatic carbocycles. The average molecular weight is 510 g/mol. The first kappa shape index (κ1) is 27.5. The lowest BCUT2D eigenvalue weighted by Crippen LogP contribution is -2.46. The third kappa shape index (κ3) is 7.11. The number of halogens is 1. The summed E-state index contributed by atoms with van der Waals surface area (Å²) < 4.78 is 31.4. The third-order valence-electron chi connectivity index (χ3n) is 5.59. The fourth-order valence-electron chi connectivity index (χ4n) is 3.57. The topological polar surface area (TPSA) is 96.0 Å². The second-order valence-corrected chi connectivity index (χ2v) is 10.3. The first-order valence-corrected chi connectivity index (χ1v) is 13.1. The first-order valence-electron chi connectivity index (χ1n) is 10.9. The molecule has 34 heavy (non-hydrogen) atoms. The highest BCUT2D eigenvalue weighted by Crippen LogP contribution is 2.28. The molecule has 0 heterocycles. The van der Waals surface area contributed by atoms with Gasteiger partial charge >= 0.3 is 0 Å². The van der Waals surface area contributed by atoms with Crippen molar-refractivity contribution in [3.8, 4) is 5.75 Å². The van der Waals surface area contributed by atoms with Crippen LogP contribution in [0.4, 0.5) is 5.69 Å². The molecule has 8 nitrogen and oxygen atoms in total. The number of ether oxygens (including phenoxy) is 1. The molecule has 0 fully saturated rings. The molecule has 10 heteroatoms. The zero-order valence-corrected chi connectivity index (χ0v) is 21.7. The lowest BCUT2D eigenvalue weighted by atomic mass is 10.1. The van der Waals surface area contributed by atoms with Crippen LogP contribution in [-0.4, -0.2) is 58.1 Å². The molecule has 0 radical (unpaired) electrons. The molecule has 0 unspecified atom stereocenters. The molecule has 0 aliphatic rings. The highest BCUT2D eigenvalue weighted by molar-refractivity contribution is 7.92. The molecular formula is C24H32ClN3O5S. The molecule has 0 saturated heterocycles. The summed E-state index contributed by atoms with van der Waals surface area (Å²) in [5.74, 6) is 0.163. The maximum atomic E-state index is 13.2. The van der Waals surface area contributed by atoms with Gasteiger partial charge in [0.1, 0.15) is 11.8 Å². The van der Waals surface area contributed by atoms with Gasteiger partial charge in [-0.1, -0.05) is 29.8 Å². The molecule has 1 atom stereocenters. The number of nitrogens with zero attached hydrogens (tertiary/aromatic N) is 2. The van der Waals surface area contributed by atoms with Crippen molar-refractivity contribution in [1.82, 2.24) is 10.2 Å². The number of rotatable bonds is 11. The summed E-state index contributed by atoms with van der Waals surface area (Å²) in [6.45, 7) is 3.76. The number of sulfonamides is 1. The van der Waals surface area contributed by atoms with E-state index in [2.05, 4.69) is 5.32 Å². The van der Waals surface area contributed by atoms with E-state index in [0.717, 1.165) is 11.8 Å². The van der Waals surface area contributed by atoms with E-state index in [9.17, 15) is 18.0 Å². The number of benzene rings is 2. The van der Waals surface area contributed by atoms with E-state index in [4.69, 9.17) is 16.3 Å². The van der Waals surface area contributed by atoms with Crippen molar-refractivity contribution >= 4 is 39.1 Å². The molecule has 0 aliphatic carbocycles. The zero-order valence-electron chi connectivity index (χ0n) is 20.2. The van der Waals surface area contributed by atoms with Crippen molar-refractivity contribution in [2.75, 3.05) is 31.3 Å². The minimum absolute atomic E-state index is 0.0725. The van der Waals surface area contributed by atoms with E-state index in [-0.39, 0.29) is 37.7 Å². The molecule has 0 aromatic heterocycles. The van der Waals surface area contributed by atoms with Gasteiger partial charge in [-0.3, -0.25) is 13.9 Å². The number of hydrogen-bond acceptors (Lipinski definition) is 5. The van der Waals surface area contributed by atoms with Crippen LogP contribution in [0, 0.1) is 6.92 Å². The number of anilines is 1. The number of nitrogens with one attached hydrogen (secondary N) is 1. The Morgan fingerprint density at radius 3 is 2.35 bits per heavy atom. The Labute approximate surface area is 206 Å². The summed E-state index contributed by atoms with van der Waals surface area (Å²) in [4.78, 5) is 26.9. The summed E-state index contributed by atoms with van der Waals surface area (Å²) in [6.07, 6.45) is 1.47. The second kappa shape index (κ2) is 12.1. The molecule has 1 N–H and O–H groups in total. The molecule has 0 bridgehead atoms. The summed E-state index contributed by atoms with van der Waals surface area (Å²) in [5.41, 5.74) is 1.98. The van der Waals surface area contributed by atoms with Crippen molar-refractivity contribution in [2.45, 2.75) is 39.3 Å². The fraction of sp³-hybridized carbons (Fsp3) is 0.417. The lowest BCUT2D eigenvalue weighted by Gasteiger charge is -2.29. The summed E-state index contributed by atoms with van der Waals surface area (Å²) >= 11 is 6.18. The smallest absolute Gasteiger partial charge is 0.242 e. The van der Waals surface area contributed by atoms with Crippen LogP contribution >= 0.6 is 11.6 Å². The van der Waals surface area contributed by atoms with Gasteiger partial charge in [0.05, 0.1) is 19.1 Å². The van der Waals surface area contributed by atoms with Crippen LogP contribution in [0.15, 0.2) is 42.5 Å². The number of methoxy groups -OCH3 is 1. The normalized spacial score (nSPS) is 12.1. The van der Waals surface area contributed by atoms with Crippen LogP contribution in [-0.2, 0) is 26.2 Å². The van der Waals surface area contributed by atoms with Gasteiger partial charge in [-0.2, -0.15) is 0 Å². The summed E-state index contributed by atoms with van der Waals surface area (Å²) in [6, 6.07) is 11.6. The summed E-state index contributed by atoms with van der Waals surface area (Å²) in [5, 5.41) is 3.04. The van der Waals surface area contributed by atoms with Crippen LogP contribution in [0.1, 0.15) is 30.9 Å². The number of amides is 2. The van der Waals surface area contributed by atoms with E-state index in [1.807, 2.05) is 12.1 Å². The van der Waals surface area contributed by atoms with Gasteiger partial charge in [0.2, 0.25) is 21.8 Å². The maximum absolute atomic E-state index is 13.2. The fourth-order valence-corrected chi connectivity index (χ4v) is 4.75. The minimum atomic E-state index is -3.59. The molecule has 2 amide bonds.